The molecular formula is C14H14Cl2N4O. The Morgan fingerprint density at radius 1 is 1.24 bits per heavy atom. The highest BCUT2D eigenvalue weighted by molar-refractivity contribution is 6.42. The van der Waals surface area contributed by atoms with Crippen molar-refractivity contribution in [2.45, 2.75) is 0 Å². The Balaban J connectivity index is 2.01. The van der Waals surface area contributed by atoms with Crippen LogP contribution in [0.5, 0.6) is 0 Å². The lowest BCUT2D eigenvalue weighted by Crippen LogP contribution is -2.47. The van der Waals surface area contributed by atoms with Gasteiger partial charge < -0.3 is 9.80 Å². The molecule has 1 amide bonds. The van der Waals surface area contributed by atoms with Gasteiger partial charge in [-0.1, -0.05) is 23.2 Å². The number of hydrogen-bond donors (Lipinski definition) is 0. The fourth-order valence-electron chi connectivity index (χ4n) is 2.38. The summed E-state index contributed by atoms with van der Waals surface area (Å²) in [4.78, 5) is 24.9. The first kappa shape index (κ1) is 14.5. The maximum Gasteiger partial charge on any atom is 0.258 e. The first-order valence-electron chi connectivity index (χ1n) is 6.65. The Hall–Kier alpha value is -1.43. The van der Waals surface area contributed by atoms with Crippen LogP contribution in [-0.4, -0.2) is 58.9 Å². The third kappa shape index (κ3) is 2.69. The molecule has 1 saturated heterocycles. The van der Waals surface area contributed by atoms with Gasteiger partial charge >= 0.3 is 0 Å². The molecule has 7 heteroatoms. The van der Waals surface area contributed by atoms with E-state index in [1.807, 2.05) is 7.05 Å². The normalized spacial score (nSPS) is 16.4. The molecule has 0 bridgehead atoms. The summed E-state index contributed by atoms with van der Waals surface area (Å²) >= 11 is 12.5. The van der Waals surface area contributed by atoms with Crippen LogP contribution in [0.4, 0.5) is 0 Å². The zero-order valence-electron chi connectivity index (χ0n) is 11.5. The molecule has 0 radical (unpaired) electrons. The lowest BCUT2D eigenvalue weighted by molar-refractivity contribution is 0.0664. The molecule has 110 valence electrons. The molecule has 3 heterocycles. The van der Waals surface area contributed by atoms with Crippen LogP contribution in [0, 0.1) is 0 Å². The van der Waals surface area contributed by atoms with Gasteiger partial charge in [0.25, 0.3) is 5.91 Å². The van der Waals surface area contributed by atoms with Crippen LogP contribution < -0.4 is 0 Å². The standard InChI is InChI=1S/C14H14Cl2N4O/c1-19-5-7-20(8-6-19)14(21)10-11(15)9-3-2-4-17-13(9)18-12(10)16/h2-4H,5-8H2,1H3. The maximum absolute atomic E-state index is 12.7. The Bertz CT molecular complexity index is 699. The second-order valence-electron chi connectivity index (χ2n) is 5.06. The molecule has 5 nitrogen and oxygen atoms in total. The van der Waals surface area contributed by atoms with Crippen molar-refractivity contribution in [1.29, 1.82) is 0 Å². The van der Waals surface area contributed by atoms with Crippen LogP contribution in [0.2, 0.25) is 10.2 Å². The average Bonchev–Trinajstić information content (AvgIpc) is 2.48. The molecule has 0 atom stereocenters. The Morgan fingerprint density at radius 3 is 2.67 bits per heavy atom. The van der Waals surface area contributed by atoms with E-state index in [0.717, 1.165) is 13.1 Å². The Morgan fingerprint density at radius 2 is 1.95 bits per heavy atom. The summed E-state index contributed by atoms with van der Waals surface area (Å²) in [5.74, 6) is -0.170. The van der Waals surface area contributed by atoms with E-state index in [-0.39, 0.29) is 16.6 Å². The molecule has 0 N–H and O–H groups in total. The van der Waals surface area contributed by atoms with Crippen molar-refractivity contribution < 1.29 is 4.79 Å². The van der Waals surface area contributed by atoms with Gasteiger partial charge in [-0.15, -0.1) is 0 Å². The lowest BCUT2D eigenvalue weighted by Gasteiger charge is -2.32. The smallest absolute Gasteiger partial charge is 0.258 e. The highest BCUT2D eigenvalue weighted by atomic mass is 35.5. The molecule has 21 heavy (non-hydrogen) atoms. The molecule has 2 aromatic heterocycles. The summed E-state index contributed by atoms with van der Waals surface area (Å²) in [6, 6.07) is 3.54. The van der Waals surface area contributed by atoms with Crippen LogP contribution in [-0.2, 0) is 0 Å². The SMILES string of the molecule is CN1CCN(C(=O)c2c(Cl)nc3ncccc3c2Cl)CC1. The van der Waals surface area contributed by atoms with Crippen molar-refractivity contribution in [2.75, 3.05) is 33.2 Å². The van der Waals surface area contributed by atoms with Crippen molar-refractivity contribution in [2.24, 2.45) is 0 Å². The number of hydrogen-bond acceptors (Lipinski definition) is 4. The van der Waals surface area contributed by atoms with Gasteiger partial charge in [-0.3, -0.25) is 4.79 Å². The zero-order valence-corrected chi connectivity index (χ0v) is 13.0. The van der Waals surface area contributed by atoms with Crippen molar-refractivity contribution in [3.8, 4) is 0 Å². The van der Waals surface area contributed by atoms with E-state index in [1.165, 1.54) is 0 Å². The predicted octanol–water partition coefficient (Wildman–Crippen LogP) is 2.32. The molecule has 0 aromatic carbocycles. The zero-order chi connectivity index (χ0) is 15.0. The van der Waals surface area contributed by atoms with Gasteiger partial charge in [0.2, 0.25) is 0 Å². The quantitative estimate of drug-likeness (QED) is 0.755. The molecule has 1 fully saturated rings. The van der Waals surface area contributed by atoms with E-state index < -0.39 is 0 Å². The molecule has 0 saturated carbocycles. The third-order valence-electron chi connectivity index (χ3n) is 3.66. The molecule has 0 spiro atoms. The second-order valence-corrected chi connectivity index (χ2v) is 5.80. The number of nitrogens with zero attached hydrogens (tertiary/aromatic N) is 4. The van der Waals surface area contributed by atoms with E-state index >= 15 is 0 Å². The summed E-state index contributed by atoms with van der Waals surface area (Å²) in [5, 5.41) is 1.07. The summed E-state index contributed by atoms with van der Waals surface area (Å²) in [6.45, 7) is 2.99. The molecule has 0 unspecified atom stereocenters. The van der Waals surface area contributed by atoms with Crippen molar-refractivity contribution in [3.63, 3.8) is 0 Å². The van der Waals surface area contributed by atoms with Crippen LogP contribution >= 0.6 is 23.2 Å². The van der Waals surface area contributed by atoms with Gasteiger partial charge in [0, 0.05) is 37.8 Å². The number of aromatic nitrogens is 2. The van der Waals surface area contributed by atoms with Crippen molar-refractivity contribution >= 4 is 40.1 Å². The van der Waals surface area contributed by atoms with Gasteiger partial charge in [-0.05, 0) is 19.2 Å². The average molecular weight is 325 g/mol. The Kier molecular flexibility index (Phi) is 3.97. The molecule has 2 aromatic rings. The first-order valence-corrected chi connectivity index (χ1v) is 7.41. The van der Waals surface area contributed by atoms with E-state index in [2.05, 4.69) is 14.9 Å². The van der Waals surface area contributed by atoms with Gasteiger partial charge in [-0.2, -0.15) is 0 Å². The topological polar surface area (TPSA) is 49.3 Å². The molecule has 0 aliphatic carbocycles. The van der Waals surface area contributed by atoms with Gasteiger partial charge in [0.1, 0.15) is 5.15 Å². The molecule has 3 rings (SSSR count). The predicted molar refractivity (Wildman–Crippen MR) is 83.0 cm³/mol. The number of halogens is 2. The number of likely N-dealkylation sites (N-methyl/N-ethyl adjacent to an activating group) is 1. The summed E-state index contributed by atoms with van der Waals surface area (Å²) < 4.78 is 0. The summed E-state index contributed by atoms with van der Waals surface area (Å²) in [7, 11) is 2.03. The minimum atomic E-state index is -0.170. The fourth-order valence-corrected chi connectivity index (χ4v) is 3.00. The number of amides is 1. The van der Waals surface area contributed by atoms with Crippen molar-refractivity contribution in [1.82, 2.24) is 19.8 Å². The summed E-state index contributed by atoms with van der Waals surface area (Å²) in [6.07, 6.45) is 1.62. The summed E-state index contributed by atoms with van der Waals surface area (Å²) in [5.41, 5.74) is 0.714. The number of rotatable bonds is 1. The number of fused-ring (bicyclic) bond motifs is 1. The minimum absolute atomic E-state index is 0.107. The largest absolute Gasteiger partial charge is 0.336 e. The van der Waals surface area contributed by atoms with Crippen molar-refractivity contribution in [3.05, 3.63) is 34.1 Å². The van der Waals surface area contributed by atoms with E-state index in [9.17, 15) is 4.79 Å². The highest BCUT2D eigenvalue weighted by Gasteiger charge is 2.26. The lowest BCUT2D eigenvalue weighted by atomic mass is 10.1. The monoisotopic (exact) mass is 324 g/mol. The van der Waals surface area contributed by atoms with Gasteiger partial charge in [-0.25, -0.2) is 9.97 Å². The van der Waals surface area contributed by atoms with E-state index in [4.69, 9.17) is 23.2 Å². The van der Waals surface area contributed by atoms with Crippen LogP contribution in [0.1, 0.15) is 10.4 Å². The molecular weight excluding hydrogens is 311 g/mol. The third-order valence-corrected chi connectivity index (χ3v) is 4.32. The molecule has 1 aliphatic rings. The fraction of sp³-hybridized carbons (Fsp3) is 0.357. The number of pyridine rings is 2. The van der Waals surface area contributed by atoms with E-state index in [1.54, 1.807) is 23.2 Å². The van der Waals surface area contributed by atoms with Crippen LogP contribution in [0.15, 0.2) is 18.3 Å². The van der Waals surface area contributed by atoms with Gasteiger partial charge in [0.05, 0.1) is 10.6 Å². The van der Waals surface area contributed by atoms with Gasteiger partial charge in [0.15, 0.2) is 5.65 Å². The minimum Gasteiger partial charge on any atom is -0.336 e. The van der Waals surface area contributed by atoms with E-state index in [0.29, 0.717) is 29.1 Å². The maximum atomic E-state index is 12.7. The highest BCUT2D eigenvalue weighted by Crippen LogP contribution is 2.31. The number of carbonyl (C=O) groups is 1. The first-order chi connectivity index (χ1) is 10.1. The van der Waals surface area contributed by atoms with Crippen LogP contribution in [0.25, 0.3) is 11.0 Å². The Labute approximate surface area is 132 Å². The second kappa shape index (κ2) is 5.75. The number of carbonyl (C=O) groups excluding carboxylic acids is 1. The number of piperazine rings is 1. The molecule has 1 aliphatic heterocycles. The van der Waals surface area contributed by atoms with Crippen LogP contribution in [0.3, 0.4) is 0 Å².